The summed E-state index contributed by atoms with van der Waals surface area (Å²) in [5.41, 5.74) is 1.52. The number of nitriles is 1. The predicted molar refractivity (Wildman–Crippen MR) is 102 cm³/mol. The quantitative estimate of drug-likeness (QED) is 0.603. The molecule has 0 aliphatic heterocycles. The lowest BCUT2D eigenvalue weighted by Crippen LogP contribution is -2.22. The molecule has 1 aliphatic rings. The van der Waals surface area contributed by atoms with Crippen LogP contribution in [0.1, 0.15) is 34.9 Å². The molecule has 2 aromatic heterocycles. The first-order chi connectivity index (χ1) is 12.5. The Morgan fingerprint density at radius 3 is 3.00 bits per heavy atom. The molecule has 0 aromatic carbocycles. The first-order valence-electron chi connectivity index (χ1n) is 8.13. The van der Waals surface area contributed by atoms with Gasteiger partial charge in [-0.25, -0.2) is 4.99 Å². The van der Waals surface area contributed by atoms with E-state index in [1.807, 2.05) is 0 Å². The molecule has 0 saturated heterocycles. The van der Waals surface area contributed by atoms with E-state index in [4.69, 9.17) is 17.0 Å². The van der Waals surface area contributed by atoms with Gasteiger partial charge in [0.1, 0.15) is 16.6 Å². The summed E-state index contributed by atoms with van der Waals surface area (Å²) in [6.45, 7) is 2.27. The Hall–Kier alpha value is -2.28. The maximum absolute atomic E-state index is 12.3. The number of thiophene rings is 1. The van der Waals surface area contributed by atoms with Gasteiger partial charge in [0.15, 0.2) is 4.77 Å². The Bertz CT molecular complexity index is 1040. The van der Waals surface area contributed by atoms with Crippen LogP contribution in [0.5, 0.6) is 5.88 Å². The number of fused-ring (bicyclic) bond motifs is 1. The Morgan fingerprint density at radius 2 is 2.31 bits per heavy atom. The van der Waals surface area contributed by atoms with Crippen LogP contribution in [0.15, 0.2) is 9.79 Å². The van der Waals surface area contributed by atoms with Crippen molar-refractivity contribution in [2.24, 2.45) is 4.99 Å². The Morgan fingerprint density at radius 1 is 1.54 bits per heavy atom. The van der Waals surface area contributed by atoms with Gasteiger partial charge < -0.3 is 9.84 Å². The summed E-state index contributed by atoms with van der Waals surface area (Å²) in [5, 5.41) is 20.6. The summed E-state index contributed by atoms with van der Waals surface area (Å²) in [7, 11) is 1.54. The lowest BCUT2D eigenvalue weighted by molar-refractivity contribution is 0.182. The molecule has 0 unspecified atom stereocenters. The van der Waals surface area contributed by atoms with Crippen LogP contribution in [0.3, 0.4) is 0 Å². The van der Waals surface area contributed by atoms with Crippen molar-refractivity contribution in [3.63, 3.8) is 0 Å². The van der Waals surface area contributed by atoms with Crippen LogP contribution in [-0.4, -0.2) is 34.1 Å². The number of aromatic amines is 1. The van der Waals surface area contributed by atoms with Gasteiger partial charge in [-0.1, -0.05) is 0 Å². The number of nitrogens with zero attached hydrogens (tertiary/aromatic N) is 3. The number of aromatic nitrogens is 2. The Balaban J connectivity index is 2.10. The van der Waals surface area contributed by atoms with Crippen LogP contribution < -0.4 is 5.56 Å². The second-order valence-corrected chi connectivity index (χ2v) is 7.42. The molecule has 3 rings (SSSR count). The number of hydrogen-bond acceptors (Lipinski definition) is 7. The Kier molecular flexibility index (Phi) is 5.36. The number of hydrogen-bond donors (Lipinski definition) is 2. The highest BCUT2D eigenvalue weighted by molar-refractivity contribution is 7.71. The summed E-state index contributed by atoms with van der Waals surface area (Å²) in [6.07, 6.45) is 2.90. The summed E-state index contributed by atoms with van der Waals surface area (Å²) in [4.78, 5) is 20.6. The fraction of sp³-hybridized carbons (Fsp3) is 0.412. The number of nitrogens with one attached hydrogen (secondary N) is 1. The van der Waals surface area contributed by atoms with Crippen molar-refractivity contribution >= 4 is 34.3 Å². The molecule has 2 N–H and O–H groups in total. The summed E-state index contributed by atoms with van der Waals surface area (Å²) in [5.74, 6) is -0.250. The molecule has 2 aromatic rings. The molecule has 0 amide bonds. The number of aryl methyl sites for hydroxylation is 1. The summed E-state index contributed by atoms with van der Waals surface area (Å²) < 4.78 is 6.53. The van der Waals surface area contributed by atoms with Crippen molar-refractivity contribution in [3.05, 3.63) is 36.7 Å². The minimum absolute atomic E-state index is 0.0483. The highest BCUT2D eigenvalue weighted by Gasteiger charge is 2.23. The topological polar surface area (TPSA) is 103 Å². The van der Waals surface area contributed by atoms with E-state index in [-0.39, 0.29) is 16.2 Å². The molecule has 0 fully saturated rings. The van der Waals surface area contributed by atoms with Crippen molar-refractivity contribution in [2.45, 2.75) is 32.7 Å². The maximum Gasteiger partial charge on any atom is 0.264 e. The van der Waals surface area contributed by atoms with Crippen molar-refractivity contribution in [3.8, 4) is 11.9 Å². The molecule has 0 atom stereocenters. The van der Waals surface area contributed by atoms with Gasteiger partial charge in [0, 0.05) is 12.0 Å². The molecule has 1 aliphatic carbocycles. The van der Waals surface area contributed by atoms with Crippen molar-refractivity contribution < 1.29 is 9.84 Å². The third kappa shape index (κ3) is 3.23. The minimum atomic E-state index is -0.509. The molecular formula is C17H18N4O3S2. The lowest BCUT2D eigenvalue weighted by Gasteiger charge is -2.12. The molecule has 136 valence electrons. The van der Waals surface area contributed by atoms with E-state index in [0.717, 1.165) is 24.8 Å². The van der Waals surface area contributed by atoms with Gasteiger partial charge in [0.2, 0.25) is 5.88 Å². The molecule has 9 heteroatoms. The number of aliphatic imine (C=N–C) groups is 1. The number of aromatic hydroxyl groups is 1. The van der Waals surface area contributed by atoms with E-state index in [1.165, 1.54) is 20.8 Å². The number of methoxy groups -OCH3 is 1. The molecule has 0 spiro atoms. The zero-order valence-corrected chi connectivity index (χ0v) is 16.1. The van der Waals surface area contributed by atoms with Gasteiger partial charge in [-0.05, 0) is 44.0 Å². The zero-order valence-electron chi connectivity index (χ0n) is 14.5. The SMILES string of the molecule is COCCn1c(O)c(/C(C)=N/c2sc3c(c2C#N)CCC3)c(=O)[nH]c1=S. The molecule has 0 radical (unpaired) electrons. The van der Waals surface area contributed by atoms with Gasteiger partial charge in [-0.15, -0.1) is 11.3 Å². The van der Waals surface area contributed by atoms with Crippen LogP contribution in [0.2, 0.25) is 0 Å². The number of rotatable bonds is 5. The fourth-order valence-electron chi connectivity index (χ4n) is 3.07. The monoisotopic (exact) mass is 390 g/mol. The maximum atomic E-state index is 12.3. The van der Waals surface area contributed by atoms with Crippen molar-refractivity contribution in [1.29, 1.82) is 5.26 Å². The highest BCUT2D eigenvalue weighted by Crippen LogP contribution is 2.40. The van der Waals surface area contributed by atoms with E-state index in [9.17, 15) is 15.2 Å². The fourth-order valence-corrected chi connectivity index (χ4v) is 4.60. The van der Waals surface area contributed by atoms with Crippen LogP contribution in [0.25, 0.3) is 0 Å². The largest absolute Gasteiger partial charge is 0.494 e. The molecule has 0 bridgehead atoms. The third-order valence-electron chi connectivity index (χ3n) is 4.34. The predicted octanol–water partition coefficient (Wildman–Crippen LogP) is 2.82. The van der Waals surface area contributed by atoms with E-state index in [2.05, 4.69) is 16.0 Å². The zero-order chi connectivity index (χ0) is 18.8. The van der Waals surface area contributed by atoms with Crippen molar-refractivity contribution in [2.75, 3.05) is 13.7 Å². The van der Waals surface area contributed by atoms with Crippen LogP contribution in [0, 0.1) is 16.1 Å². The van der Waals surface area contributed by atoms with Crippen LogP contribution in [0.4, 0.5) is 5.00 Å². The third-order valence-corrected chi connectivity index (χ3v) is 5.84. The molecular weight excluding hydrogens is 372 g/mol. The normalized spacial score (nSPS) is 13.7. The molecule has 2 heterocycles. The molecule has 7 nitrogen and oxygen atoms in total. The van der Waals surface area contributed by atoms with Gasteiger partial charge >= 0.3 is 0 Å². The number of H-pyrrole nitrogens is 1. The van der Waals surface area contributed by atoms with Crippen LogP contribution >= 0.6 is 23.6 Å². The first kappa shape index (κ1) is 18.5. The van der Waals surface area contributed by atoms with E-state index >= 15 is 0 Å². The van der Waals surface area contributed by atoms with Gasteiger partial charge in [0.25, 0.3) is 5.56 Å². The van der Waals surface area contributed by atoms with Crippen molar-refractivity contribution in [1.82, 2.24) is 9.55 Å². The van der Waals surface area contributed by atoms with Gasteiger partial charge in [0.05, 0.1) is 24.4 Å². The highest BCUT2D eigenvalue weighted by atomic mass is 32.1. The van der Waals surface area contributed by atoms with E-state index in [0.29, 0.717) is 29.4 Å². The standard InChI is InChI=1S/C17H18N4O3S2/c1-9(19-15-11(8-18)10-4-3-5-12(10)26-15)13-14(22)20-17(25)21(16(13)23)6-7-24-2/h23H,3-7H2,1-2H3,(H,20,22,25)/b19-9+. The van der Waals surface area contributed by atoms with E-state index in [1.54, 1.807) is 14.0 Å². The molecule has 0 saturated carbocycles. The Labute approximate surface area is 159 Å². The summed E-state index contributed by atoms with van der Waals surface area (Å²) in [6, 6.07) is 2.23. The van der Waals surface area contributed by atoms with Gasteiger partial charge in [-0.2, -0.15) is 5.26 Å². The van der Waals surface area contributed by atoms with Crippen LogP contribution in [-0.2, 0) is 24.1 Å². The second kappa shape index (κ2) is 7.53. The molecule has 26 heavy (non-hydrogen) atoms. The first-order valence-corrected chi connectivity index (χ1v) is 9.35. The summed E-state index contributed by atoms with van der Waals surface area (Å²) >= 11 is 6.59. The lowest BCUT2D eigenvalue weighted by atomic mass is 10.1. The number of ether oxygens (including phenoxy) is 1. The van der Waals surface area contributed by atoms with E-state index < -0.39 is 5.56 Å². The second-order valence-electron chi connectivity index (χ2n) is 5.95. The average molecular weight is 390 g/mol. The van der Waals surface area contributed by atoms with Gasteiger partial charge in [-0.3, -0.25) is 14.3 Å². The average Bonchev–Trinajstić information content (AvgIpc) is 3.14. The minimum Gasteiger partial charge on any atom is -0.494 e. The smallest absolute Gasteiger partial charge is 0.264 e.